The Labute approximate surface area is 195 Å². The van der Waals surface area contributed by atoms with Crippen LogP contribution in [0, 0.1) is 18.8 Å². The van der Waals surface area contributed by atoms with Crippen LogP contribution in [0.15, 0.2) is 60.7 Å². The molecule has 0 aliphatic heterocycles. The molecule has 1 aromatic heterocycles. The second-order valence-corrected chi connectivity index (χ2v) is 8.68. The zero-order valence-electron chi connectivity index (χ0n) is 19.8. The van der Waals surface area contributed by atoms with Gasteiger partial charge in [0.15, 0.2) is 5.78 Å². The van der Waals surface area contributed by atoms with Gasteiger partial charge in [-0.15, -0.1) is 0 Å². The average Bonchev–Trinajstić information content (AvgIpc) is 2.81. The van der Waals surface area contributed by atoms with Crippen LogP contribution in [-0.4, -0.2) is 23.2 Å². The van der Waals surface area contributed by atoms with E-state index in [-0.39, 0.29) is 11.7 Å². The predicted molar refractivity (Wildman–Crippen MR) is 131 cm³/mol. The lowest BCUT2D eigenvalue weighted by Crippen LogP contribution is -2.33. The lowest BCUT2D eigenvalue weighted by atomic mass is 9.99. The molecule has 5 heteroatoms. The van der Waals surface area contributed by atoms with Crippen molar-refractivity contribution in [2.75, 3.05) is 11.4 Å². The van der Waals surface area contributed by atoms with Crippen molar-refractivity contribution in [2.45, 2.75) is 47.0 Å². The second-order valence-electron chi connectivity index (χ2n) is 8.68. The lowest BCUT2D eigenvalue weighted by molar-refractivity contribution is -0.118. The number of benzene rings is 2. The Kier molecular flexibility index (Phi) is 8.10. The number of hydrogen-bond acceptors (Lipinski definition) is 3. The molecule has 0 unspecified atom stereocenters. The third kappa shape index (κ3) is 6.35. The van der Waals surface area contributed by atoms with Crippen LogP contribution in [0.5, 0.6) is 0 Å². The largest absolute Gasteiger partial charge is 0.312 e. The average molecular weight is 447 g/mol. The Bertz CT molecular complexity index is 1110. The summed E-state index contributed by atoms with van der Waals surface area (Å²) in [4.78, 5) is 30.6. The Morgan fingerprint density at radius 1 is 0.939 bits per heavy atom. The number of aromatic nitrogens is 1. The smallest absolute Gasteiger partial charge is 0.226 e. The monoisotopic (exact) mass is 446 g/mol. The van der Waals surface area contributed by atoms with Gasteiger partial charge in [0.25, 0.3) is 0 Å². The maximum atomic E-state index is 13.2. The summed E-state index contributed by atoms with van der Waals surface area (Å²) in [6, 6.07) is 18.5. The van der Waals surface area contributed by atoms with Crippen LogP contribution in [0.3, 0.4) is 0 Å². The molecule has 33 heavy (non-hydrogen) atoms. The van der Waals surface area contributed by atoms with Crippen molar-refractivity contribution in [3.63, 3.8) is 0 Å². The molecule has 2 aromatic carbocycles. The fraction of sp³-hybridized carbons (Fsp3) is 0.321. The molecule has 1 heterocycles. The Balaban J connectivity index is 1.67. The number of carbonyl (C=O) groups is 2. The van der Waals surface area contributed by atoms with E-state index in [0.717, 1.165) is 22.4 Å². The number of Topliss-reactive ketones (excluding diaryl/α,β-unsaturated/α-hetero) is 1. The quantitative estimate of drug-likeness (QED) is 0.282. The van der Waals surface area contributed by atoms with Crippen molar-refractivity contribution in [3.8, 4) is 11.1 Å². The summed E-state index contributed by atoms with van der Waals surface area (Å²) in [6.07, 6.45) is 1.35. The van der Waals surface area contributed by atoms with E-state index in [2.05, 4.69) is 18.8 Å². The van der Waals surface area contributed by atoms with Gasteiger partial charge in [0.05, 0.1) is 0 Å². The highest BCUT2D eigenvalue weighted by atomic mass is 19.1. The van der Waals surface area contributed by atoms with E-state index >= 15 is 0 Å². The van der Waals surface area contributed by atoms with Crippen LogP contribution in [0.25, 0.3) is 11.1 Å². The number of ketones is 1. The SMILES string of the molecule is CCC(=O)N(CC(C)C)c1ccc(-c2ccc(C(=O)CCc3ccc(F)nc3C)cc2)cc1. The Morgan fingerprint density at radius 3 is 2.09 bits per heavy atom. The van der Waals surface area contributed by atoms with Crippen molar-refractivity contribution in [2.24, 2.45) is 5.92 Å². The van der Waals surface area contributed by atoms with Crippen LogP contribution in [0.2, 0.25) is 0 Å². The minimum absolute atomic E-state index is 0.0445. The number of nitrogens with zero attached hydrogens (tertiary/aromatic N) is 2. The number of halogens is 1. The van der Waals surface area contributed by atoms with Gasteiger partial charge in [-0.2, -0.15) is 4.39 Å². The van der Waals surface area contributed by atoms with Gasteiger partial charge in [-0.25, -0.2) is 4.98 Å². The standard InChI is InChI=1S/C28H31FN2O2/c1-5-28(33)31(18-19(2)3)25-14-10-23(11-15-25)22-6-8-24(9-7-22)26(32)16-12-21-13-17-27(29)30-20(21)4/h6-11,13-15,17,19H,5,12,16,18H2,1-4H3. The number of anilines is 1. The summed E-state index contributed by atoms with van der Waals surface area (Å²) >= 11 is 0. The van der Waals surface area contributed by atoms with Crippen molar-refractivity contribution < 1.29 is 14.0 Å². The van der Waals surface area contributed by atoms with Gasteiger partial charge in [0, 0.05) is 36.3 Å². The molecule has 0 bridgehead atoms. The van der Waals surface area contributed by atoms with Crippen molar-refractivity contribution in [3.05, 3.63) is 83.4 Å². The van der Waals surface area contributed by atoms with E-state index in [0.29, 0.717) is 43.0 Å². The molecule has 0 radical (unpaired) electrons. The number of pyridine rings is 1. The highest BCUT2D eigenvalue weighted by molar-refractivity contribution is 5.96. The molecule has 172 valence electrons. The van der Waals surface area contributed by atoms with Crippen molar-refractivity contribution in [1.82, 2.24) is 4.98 Å². The molecule has 0 spiro atoms. The molecule has 4 nitrogen and oxygen atoms in total. The molecular weight excluding hydrogens is 415 g/mol. The van der Waals surface area contributed by atoms with E-state index in [1.165, 1.54) is 6.07 Å². The maximum absolute atomic E-state index is 13.2. The summed E-state index contributed by atoms with van der Waals surface area (Å²) in [6.45, 7) is 8.53. The minimum atomic E-state index is -0.504. The van der Waals surface area contributed by atoms with Gasteiger partial charge in [-0.05, 0) is 54.2 Å². The minimum Gasteiger partial charge on any atom is -0.312 e. The first-order chi connectivity index (χ1) is 15.8. The summed E-state index contributed by atoms with van der Waals surface area (Å²) < 4.78 is 13.2. The van der Waals surface area contributed by atoms with E-state index in [1.807, 2.05) is 60.4 Å². The van der Waals surface area contributed by atoms with Gasteiger partial charge >= 0.3 is 0 Å². The molecule has 0 saturated heterocycles. The third-order valence-corrected chi connectivity index (χ3v) is 5.65. The summed E-state index contributed by atoms with van der Waals surface area (Å²) in [5.41, 5.74) is 5.09. The first-order valence-electron chi connectivity index (χ1n) is 11.4. The molecular formula is C28H31FN2O2. The van der Waals surface area contributed by atoms with Gasteiger partial charge in [0.2, 0.25) is 11.9 Å². The molecule has 3 aromatic rings. The fourth-order valence-corrected chi connectivity index (χ4v) is 3.81. The highest BCUT2D eigenvalue weighted by Crippen LogP contribution is 2.25. The molecule has 0 atom stereocenters. The van der Waals surface area contributed by atoms with Gasteiger partial charge in [-0.1, -0.05) is 63.2 Å². The van der Waals surface area contributed by atoms with Crippen molar-refractivity contribution >= 4 is 17.4 Å². The van der Waals surface area contributed by atoms with E-state index < -0.39 is 5.95 Å². The lowest BCUT2D eigenvalue weighted by Gasteiger charge is -2.24. The van der Waals surface area contributed by atoms with Gasteiger partial charge in [-0.3, -0.25) is 9.59 Å². The number of rotatable bonds is 9. The van der Waals surface area contributed by atoms with Gasteiger partial charge in [0.1, 0.15) is 0 Å². The van der Waals surface area contributed by atoms with E-state index in [9.17, 15) is 14.0 Å². The molecule has 0 aliphatic rings. The summed E-state index contributed by atoms with van der Waals surface area (Å²) in [7, 11) is 0. The van der Waals surface area contributed by atoms with Crippen LogP contribution >= 0.6 is 0 Å². The number of hydrogen-bond donors (Lipinski definition) is 0. The second kappa shape index (κ2) is 11.0. The molecule has 1 amide bonds. The van der Waals surface area contributed by atoms with Gasteiger partial charge < -0.3 is 4.90 Å². The predicted octanol–water partition coefficient (Wildman–Crippen LogP) is 6.41. The molecule has 3 rings (SSSR count). The van der Waals surface area contributed by atoms with Crippen LogP contribution in [-0.2, 0) is 11.2 Å². The van der Waals surface area contributed by atoms with Crippen molar-refractivity contribution in [1.29, 1.82) is 0 Å². The first-order valence-corrected chi connectivity index (χ1v) is 11.4. The Hall–Kier alpha value is -3.34. The molecule has 0 fully saturated rings. The van der Waals surface area contributed by atoms with E-state index in [1.54, 1.807) is 13.0 Å². The number of aryl methyl sites for hydroxylation is 2. The summed E-state index contributed by atoms with van der Waals surface area (Å²) in [5.74, 6) is 0.0400. The molecule has 0 aliphatic carbocycles. The zero-order valence-corrected chi connectivity index (χ0v) is 19.8. The molecule has 0 saturated carbocycles. The maximum Gasteiger partial charge on any atom is 0.226 e. The highest BCUT2D eigenvalue weighted by Gasteiger charge is 2.15. The first kappa shape index (κ1) is 24.3. The normalized spacial score (nSPS) is 11.0. The third-order valence-electron chi connectivity index (χ3n) is 5.65. The zero-order chi connectivity index (χ0) is 24.0. The number of carbonyl (C=O) groups excluding carboxylic acids is 2. The molecule has 0 N–H and O–H groups in total. The summed E-state index contributed by atoms with van der Waals surface area (Å²) in [5, 5.41) is 0. The van der Waals surface area contributed by atoms with Crippen LogP contribution < -0.4 is 4.90 Å². The van der Waals surface area contributed by atoms with Crippen LogP contribution in [0.1, 0.15) is 55.2 Å². The topological polar surface area (TPSA) is 50.3 Å². The fourth-order valence-electron chi connectivity index (χ4n) is 3.81. The Morgan fingerprint density at radius 2 is 1.55 bits per heavy atom. The van der Waals surface area contributed by atoms with Crippen LogP contribution in [0.4, 0.5) is 10.1 Å². The number of amides is 1. The van der Waals surface area contributed by atoms with E-state index in [4.69, 9.17) is 0 Å².